The Kier molecular flexibility index (Phi) is 6.95. The topological polar surface area (TPSA) is 66.5 Å². The van der Waals surface area contributed by atoms with Gasteiger partial charge in [-0.2, -0.15) is 0 Å². The van der Waals surface area contributed by atoms with Gasteiger partial charge in [0.2, 0.25) is 5.91 Å². The Hall–Kier alpha value is -0.620. The second-order valence-electron chi connectivity index (χ2n) is 5.78. The summed E-state index contributed by atoms with van der Waals surface area (Å²) in [5.41, 5.74) is 0. The number of hydrogen-bond donors (Lipinski definition) is 1. The Morgan fingerprint density at radius 2 is 1.95 bits per heavy atom. The van der Waals surface area contributed by atoms with Crippen molar-refractivity contribution in [2.75, 3.05) is 31.6 Å². The van der Waals surface area contributed by atoms with Crippen LogP contribution in [0.4, 0.5) is 0 Å². The van der Waals surface area contributed by atoms with Gasteiger partial charge in [0.05, 0.1) is 5.75 Å². The van der Waals surface area contributed by atoms with Crippen LogP contribution < -0.4 is 5.32 Å². The predicted octanol–water partition coefficient (Wildman–Crippen LogP) is 1.05. The number of nitrogens with zero attached hydrogens (tertiary/aromatic N) is 1. The molecule has 0 radical (unpaired) electrons. The number of rotatable bonds is 7. The first kappa shape index (κ1) is 17.4. The van der Waals surface area contributed by atoms with Gasteiger partial charge in [-0.3, -0.25) is 4.79 Å². The monoisotopic (exact) mass is 304 g/mol. The molecule has 6 heteroatoms. The van der Waals surface area contributed by atoms with E-state index in [0.717, 1.165) is 32.4 Å². The number of hydrogen-bond acceptors (Lipinski definition) is 4. The molecular weight excluding hydrogens is 276 g/mol. The molecule has 0 saturated carbocycles. The van der Waals surface area contributed by atoms with Crippen LogP contribution in [-0.4, -0.2) is 56.9 Å². The van der Waals surface area contributed by atoms with Crippen LogP contribution in [0.2, 0.25) is 0 Å². The molecule has 1 N–H and O–H groups in total. The molecule has 1 atom stereocenters. The zero-order valence-electron chi connectivity index (χ0n) is 12.9. The quantitative estimate of drug-likeness (QED) is 0.763. The van der Waals surface area contributed by atoms with Crippen LogP contribution in [0.1, 0.15) is 39.5 Å². The Morgan fingerprint density at radius 1 is 1.35 bits per heavy atom. The number of nitrogens with one attached hydrogen (secondary N) is 1. The van der Waals surface area contributed by atoms with Crippen LogP contribution in [0, 0.1) is 5.92 Å². The van der Waals surface area contributed by atoms with Gasteiger partial charge in [-0.25, -0.2) is 8.42 Å². The third kappa shape index (κ3) is 5.79. The Balaban J connectivity index is 2.37. The summed E-state index contributed by atoms with van der Waals surface area (Å²) in [6, 6.07) is -0.250. The maximum absolute atomic E-state index is 12.1. The van der Waals surface area contributed by atoms with Gasteiger partial charge in [0.25, 0.3) is 0 Å². The minimum absolute atomic E-state index is 0.0547. The average molecular weight is 304 g/mol. The van der Waals surface area contributed by atoms with E-state index in [4.69, 9.17) is 0 Å². The van der Waals surface area contributed by atoms with Crippen molar-refractivity contribution >= 4 is 15.7 Å². The van der Waals surface area contributed by atoms with Crippen molar-refractivity contribution < 1.29 is 13.2 Å². The summed E-state index contributed by atoms with van der Waals surface area (Å²) < 4.78 is 23.2. The average Bonchev–Trinajstić information content (AvgIpc) is 2.44. The normalized spacial score (nSPS) is 18.8. The predicted molar refractivity (Wildman–Crippen MR) is 81.4 cm³/mol. The molecule has 1 fully saturated rings. The first-order valence-corrected chi connectivity index (χ1v) is 9.34. The molecule has 0 spiro atoms. The largest absolute Gasteiger partial charge is 0.342 e. The Morgan fingerprint density at radius 3 is 2.50 bits per heavy atom. The van der Waals surface area contributed by atoms with Gasteiger partial charge in [-0.05, 0) is 45.2 Å². The molecule has 118 valence electrons. The molecule has 1 unspecified atom stereocenters. The zero-order chi connectivity index (χ0) is 15.2. The van der Waals surface area contributed by atoms with Gasteiger partial charge in [-0.1, -0.05) is 6.92 Å². The summed E-state index contributed by atoms with van der Waals surface area (Å²) >= 11 is 0. The molecule has 0 aromatic carbocycles. The third-order valence-electron chi connectivity index (χ3n) is 4.21. The zero-order valence-corrected chi connectivity index (χ0v) is 13.7. The number of piperidine rings is 1. The highest BCUT2D eigenvalue weighted by Crippen LogP contribution is 2.18. The van der Waals surface area contributed by atoms with Gasteiger partial charge in [0, 0.05) is 25.3 Å². The van der Waals surface area contributed by atoms with Crippen LogP contribution in [0.3, 0.4) is 0 Å². The molecule has 0 aromatic heterocycles. The summed E-state index contributed by atoms with van der Waals surface area (Å²) in [6.07, 6.45) is 3.71. The fourth-order valence-corrected chi connectivity index (χ4v) is 3.71. The van der Waals surface area contributed by atoms with E-state index in [1.807, 2.05) is 0 Å². The molecule has 1 heterocycles. The molecule has 0 aromatic rings. The molecule has 0 bridgehead atoms. The molecule has 5 nitrogen and oxygen atoms in total. The molecule has 1 aliphatic heterocycles. The lowest BCUT2D eigenvalue weighted by Crippen LogP contribution is -2.40. The van der Waals surface area contributed by atoms with Crippen LogP contribution >= 0.6 is 0 Å². The van der Waals surface area contributed by atoms with Gasteiger partial charge in [0.1, 0.15) is 0 Å². The standard InChI is InChI=1S/C14H28N2O3S/c1-4-20(18,19)11-12(2)16(3)14(17)6-5-13-7-9-15-10-8-13/h12-13,15H,4-11H2,1-3H3. The van der Waals surface area contributed by atoms with Crippen molar-refractivity contribution in [2.24, 2.45) is 5.92 Å². The Bertz CT molecular complexity index is 403. The first-order valence-electron chi connectivity index (χ1n) is 7.52. The lowest BCUT2D eigenvalue weighted by Gasteiger charge is -2.27. The summed E-state index contributed by atoms with van der Waals surface area (Å²) in [5, 5.41) is 3.31. The van der Waals surface area contributed by atoms with E-state index in [2.05, 4.69) is 5.32 Å². The number of sulfone groups is 1. The van der Waals surface area contributed by atoms with Crippen LogP contribution in [0.25, 0.3) is 0 Å². The van der Waals surface area contributed by atoms with Gasteiger partial charge >= 0.3 is 0 Å². The number of carbonyl (C=O) groups excluding carboxylic acids is 1. The summed E-state index contributed by atoms with van der Waals surface area (Å²) in [5.74, 6) is 0.874. The van der Waals surface area contributed by atoms with Crippen molar-refractivity contribution in [3.8, 4) is 0 Å². The second-order valence-corrected chi connectivity index (χ2v) is 8.18. The smallest absolute Gasteiger partial charge is 0.222 e. The van der Waals surface area contributed by atoms with E-state index in [1.165, 1.54) is 0 Å². The van der Waals surface area contributed by atoms with Gasteiger partial charge in [0.15, 0.2) is 9.84 Å². The van der Waals surface area contributed by atoms with E-state index < -0.39 is 9.84 Å². The maximum Gasteiger partial charge on any atom is 0.222 e. The van der Waals surface area contributed by atoms with E-state index in [9.17, 15) is 13.2 Å². The first-order chi connectivity index (χ1) is 9.35. The van der Waals surface area contributed by atoms with Crippen molar-refractivity contribution in [1.29, 1.82) is 0 Å². The maximum atomic E-state index is 12.1. The van der Waals surface area contributed by atoms with E-state index in [0.29, 0.717) is 12.3 Å². The Labute approximate surface area is 123 Å². The van der Waals surface area contributed by atoms with Crippen LogP contribution in [0.5, 0.6) is 0 Å². The molecule has 1 amide bonds. The van der Waals surface area contributed by atoms with E-state index in [1.54, 1.807) is 25.8 Å². The van der Waals surface area contributed by atoms with Crippen LogP contribution in [-0.2, 0) is 14.6 Å². The van der Waals surface area contributed by atoms with Crippen LogP contribution in [0.15, 0.2) is 0 Å². The SMILES string of the molecule is CCS(=O)(=O)CC(C)N(C)C(=O)CCC1CCNCC1. The third-order valence-corrected chi connectivity index (χ3v) is 6.08. The fraction of sp³-hybridized carbons (Fsp3) is 0.929. The highest BCUT2D eigenvalue weighted by atomic mass is 32.2. The fourth-order valence-electron chi connectivity index (χ4n) is 2.52. The van der Waals surface area contributed by atoms with E-state index >= 15 is 0 Å². The number of carbonyl (C=O) groups is 1. The van der Waals surface area contributed by atoms with Crippen molar-refractivity contribution in [1.82, 2.24) is 10.2 Å². The highest BCUT2D eigenvalue weighted by molar-refractivity contribution is 7.91. The van der Waals surface area contributed by atoms with Crippen molar-refractivity contribution in [2.45, 2.75) is 45.6 Å². The van der Waals surface area contributed by atoms with Crippen molar-refractivity contribution in [3.63, 3.8) is 0 Å². The summed E-state index contributed by atoms with van der Waals surface area (Å²) in [4.78, 5) is 13.7. The molecule has 1 saturated heterocycles. The van der Waals surface area contributed by atoms with Crippen molar-refractivity contribution in [3.05, 3.63) is 0 Å². The van der Waals surface area contributed by atoms with E-state index in [-0.39, 0.29) is 23.5 Å². The number of amides is 1. The lowest BCUT2D eigenvalue weighted by atomic mass is 9.93. The molecular formula is C14H28N2O3S. The highest BCUT2D eigenvalue weighted by Gasteiger charge is 2.22. The second kappa shape index (κ2) is 7.98. The van der Waals surface area contributed by atoms with Gasteiger partial charge < -0.3 is 10.2 Å². The molecule has 0 aliphatic carbocycles. The minimum atomic E-state index is -3.03. The van der Waals surface area contributed by atoms with Gasteiger partial charge in [-0.15, -0.1) is 0 Å². The lowest BCUT2D eigenvalue weighted by molar-refractivity contribution is -0.131. The summed E-state index contributed by atoms with van der Waals surface area (Å²) in [7, 11) is -1.33. The minimum Gasteiger partial charge on any atom is -0.342 e. The summed E-state index contributed by atoms with van der Waals surface area (Å²) in [6.45, 7) is 5.52. The molecule has 20 heavy (non-hydrogen) atoms. The molecule has 1 aliphatic rings. The molecule has 1 rings (SSSR count).